The Morgan fingerprint density at radius 3 is 2.04 bits per heavy atom. The molecule has 0 saturated carbocycles. The Morgan fingerprint density at radius 1 is 1.00 bits per heavy atom. The molecule has 0 aliphatic carbocycles. The lowest BCUT2D eigenvalue weighted by Gasteiger charge is -2.20. The number of hydrogen-bond acceptors (Lipinski definition) is 6. The number of aliphatic hydroxyl groups is 3. The van der Waals surface area contributed by atoms with Crippen molar-refractivity contribution in [3.8, 4) is 0 Å². The van der Waals surface area contributed by atoms with Crippen LogP contribution in [0.1, 0.15) is 90.4 Å². The van der Waals surface area contributed by atoms with Crippen LogP contribution >= 0.6 is 0 Å². The van der Waals surface area contributed by atoms with Crippen molar-refractivity contribution in [2.45, 2.75) is 115 Å². The first-order valence-electron chi connectivity index (χ1n) is 10.9. The van der Waals surface area contributed by atoms with E-state index in [0.29, 0.717) is 6.42 Å². The van der Waals surface area contributed by atoms with E-state index < -0.39 is 31.0 Å². The minimum absolute atomic E-state index is 0.0487. The predicted octanol–water partition coefficient (Wildman–Crippen LogP) is 3.10. The highest BCUT2D eigenvalue weighted by Gasteiger charge is 2.42. The lowest BCUT2D eigenvalue weighted by Crippen LogP contribution is -2.41. The number of unbranched alkanes of at least 4 members (excludes halogenated alkanes) is 11. The normalized spacial score (nSPS) is 23.5. The molecule has 0 aromatic carbocycles. The molecule has 0 unspecified atom stereocenters. The summed E-state index contributed by atoms with van der Waals surface area (Å²) in [5, 5.41) is 28.4. The van der Waals surface area contributed by atoms with Crippen molar-refractivity contribution in [1.29, 1.82) is 0 Å². The quantitative estimate of drug-likeness (QED) is 0.278. The second kappa shape index (κ2) is 15.3. The fraction of sp³-hybridized carbons (Fsp3) is 0.952. The summed E-state index contributed by atoms with van der Waals surface area (Å²) in [5.74, 6) is -0.339. The Morgan fingerprint density at radius 2 is 1.52 bits per heavy atom. The van der Waals surface area contributed by atoms with Gasteiger partial charge in [0, 0.05) is 6.42 Å². The average Bonchev–Trinajstić information content (AvgIpc) is 3.02. The molecule has 4 atom stereocenters. The lowest BCUT2D eigenvalue weighted by atomic mass is 10.0. The molecule has 160 valence electrons. The summed E-state index contributed by atoms with van der Waals surface area (Å²) >= 11 is 0. The zero-order chi connectivity index (χ0) is 19.9. The van der Waals surface area contributed by atoms with Crippen molar-refractivity contribution in [3.05, 3.63) is 0 Å². The minimum Gasteiger partial charge on any atom is -0.457 e. The summed E-state index contributed by atoms with van der Waals surface area (Å²) in [5.41, 5.74) is 0. The first kappa shape index (κ1) is 24.3. The molecule has 1 heterocycles. The Labute approximate surface area is 164 Å². The molecule has 27 heavy (non-hydrogen) atoms. The van der Waals surface area contributed by atoms with Crippen molar-refractivity contribution in [3.63, 3.8) is 0 Å². The first-order chi connectivity index (χ1) is 13.1. The van der Waals surface area contributed by atoms with Gasteiger partial charge < -0.3 is 24.8 Å². The number of esters is 1. The second-order valence-corrected chi connectivity index (χ2v) is 7.71. The summed E-state index contributed by atoms with van der Waals surface area (Å²) in [6.07, 6.45) is 11.3. The third kappa shape index (κ3) is 10.4. The first-order valence-corrected chi connectivity index (χ1v) is 10.9. The van der Waals surface area contributed by atoms with Gasteiger partial charge in [-0.3, -0.25) is 4.79 Å². The lowest BCUT2D eigenvalue weighted by molar-refractivity contribution is -0.153. The monoisotopic (exact) mass is 388 g/mol. The average molecular weight is 389 g/mol. The molecule has 6 heteroatoms. The molecule has 1 saturated heterocycles. The van der Waals surface area contributed by atoms with Crippen LogP contribution < -0.4 is 0 Å². The number of carbonyl (C=O) groups is 1. The molecule has 0 radical (unpaired) electrons. The van der Waals surface area contributed by atoms with E-state index in [4.69, 9.17) is 14.6 Å². The van der Waals surface area contributed by atoms with Gasteiger partial charge in [-0.1, -0.05) is 77.6 Å². The van der Waals surface area contributed by atoms with Crippen molar-refractivity contribution in [1.82, 2.24) is 0 Å². The molecule has 0 spiro atoms. The number of carbonyl (C=O) groups excluding carboxylic acids is 1. The van der Waals surface area contributed by atoms with Crippen LogP contribution in [0.3, 0.4) is 0 Å². The van der Waals surface area contributed by atoms with Gasteiger partial charge in [0.2, 0.25) is 0 Å². The maximum atomic E-state index is 11.9. The molecule has 1 aliphatic heterocycles. The van der Waals surface area contributed by atoms with Crippen LogP contribution in [0.5, 0.6) is 0 Å². The highest BCUT2D eigenvalue weighted by atomic mass is 16.6. The fourth-order valence-corrected chi connectivity index (χ4v) is 3.50. The zero-order valence-corrected chi connectivity index (χ0v) is 17.0. The zero-order valence-electron chi connectivity index (χ0n) is 17.0. The summed E-state index contributed by atoms with van der Waals surface area (Å²) in [7, 11) is 0. The predicted molar refractivity (Wildman–Crippen MR) is 104 cm³/mol. The van der Waals surface area contributed by atoms with Gasteiger partial charge in [0.05, 0.1) is 13.2 Å². The molecule has 1 rings (SSSR count). The number of aliphatic hydroxyl groups excluding tert-OH is 3. The van der Waals surface area contributed by atoms with E-state index in [1.54, 1.807) is 0 Å². The van der Waals surface area contributed by atoms with Gasteiger partial charge in [-0.05, 0) is 6.42 Å². The third-order valence-corrected chi connectivity index (χ3v) is 5.25. The van der Waals surface area contributed by atoms with Crippen molar-refractivity contribution < 1.29 is 29.6 Å². The molecule has 0 aromatic rings. The molecule has 0 bridgehead atoms. The summed E-state index contributed by atoms with van der Waals surface area (Å²) in [6.45, 7) is 1.79. The van der Waals surface area contributed by atoms with E-state index in [1.807, 2.05) is 0 Å². The van der Waals surface area contributed by atoms with E-state index in [2.05, 4.69) is 6.92 Å². The van der Waals surface area contributed by atoms with Gasteiger partial charge in [0.25, 0.3) is 0 Å². The van der Waals surface area contributed by atoms with Crippen LogP contribution in [0.25, 0.3) is 0 Å². The van der Waals surface area contributed by atoms with E-state index >= 15 is 0 Å². The standard InChI is InChI=1S/C21H40O6/c1-2-3-4-5-6-7-8-9-10-11-12-13-14-19(24)27-18-16-26-21(20(18)25)17(23)15-22/h17-18,20-23,25H,2-16H2,1H3/t17-,18-,20-,21-/m1/s1. The third-order valence-electron chi connectivity index (χ3n) is 5.25. The maximum Gasteiger partial charge on any atom is 0.306 e. The molecular formula is C21H40O6. The van der Waals surface area contributed by atoms with Crippen molar-refractivity contribution in [2.75, 3.05) is 13.2 Å². The Bertz CT molecular complexity index is 376. The van der Waals surface area contributed by atoms with Crippen LogP contribution in [0.2, 0.25) is 0 Å². The molecule has 1 aliphatic rings. The van der Waals surface area contributed by atoms with Crippen LogP contribution in [-0.2, 0) is 14.3 Å². The van der Waals surface area contributed by atoms with Gasteiger partial charge in [-0.15, -0.1) is 0 Å². The molecule has 0 aromatic heterocycles. The Kier molecular flexibility index (Phi) is 13.8. The Balaban J connectivity index is 1.95. The highest BCUT2D eigenvalue weighted by Crippen LogP contribution is 2.21. The summed E-state index contributed by atoms with van der Waals surface area (Å²) in [4.78, 5) is 11.9. The highest BCUT2D eigenvalue weighted by molar-refractivity contribution is 5.69. The smallest absolute Gasteiger partial charge is 0.306 e. The van der Waals surface area contributed by atoms with Gasteiger partial charge >= 0.3 is 5.97 Å². The van der Waals surface area contributed by atoms with E-state index in [-0.39, 0.29) is 12.6 Å². The van der Waals surface area contributed by atoms with Crippen LogP contribution in [-0.4, -0.2) is 58.9 Å². The molecule has 0 amide bonds. The SMILES string of the molecule is CCCCCCCCCCCCCCC(=O)O[C@@H]1CO[C@H]([C@H](O)CO)[C@@H]1O. The van der Waals surface area contributed by atoms with Gasteiger partial charge in [0.15, 0.2) is 6.10 Å². The van der Waals surface area contributed by atoms with Gasteiger partial charge in [-0.2, -0.15) is 0 Å². The number of ether oxygens (including phenoxy) is 2. The maximum absolute atomic E-state index is 11.9. The number of rotatable bonds is 16. The van der Waals surface area contributed by atoms with E-state index in [1.165, 1.54) is 57.8 Å². The van der Waals surface area contributed by atoms with E-state index in [9.17, 15) is 15.0 Å². The molecule has 1 fully saturated rings. The minimum atomic E-state index is -1.17. The molecule has 3 N–H and O–H groups in total. The van der Waals surface area contributed by atoms with Crippen LogP contribution in [0.15, 0.2) is 0 Å². The van der Waals surface area contributed by atoms with Crippen molar-refractivity contribution >= 4 is 5.97 Å². The topological polar surface area (TPSA) is 96.2 Å². The van der Waals surface area contributed by atoms with Gasteiger partial charge in [-0.25, -0.2) is 0 Å². The fourth-order valence-electron chi connectivity index (χ4n) is 3.50. The Hall–Kier alpha value is -0.690. The van der Waals surface area contributed by atoms with Crippen molar-refractivity contribution in [2.24, 2.45) is 0 Å². The van der Waals surface area contributed by atoms with Crippen LogP contribution in [0, 0.1) is 0 Å². The molecular weight excluding hydrogens is 348 g/mol. The summed E-state index contributed by atoms with van der Waals surface area (Å²) < 4.78 is 10.5. The number of hydrogen-bond donors (Lipinski definition) is 3. The summed E-state index contributed by atoms with van der Waals surface area (Å²) in [6, 6.07) is 0. The van der Waals surface area contributed by atoms with E-state index in [0.717, 1.165) is 19.3 Å². The van der Waals surface area contributed by atoms with Gasteiger partial charge in [0.1, 0.15) is 18.3 Å². The second-order valence-electron chi connectivity index (χ2n) is 7.71. The largest absolute Gasteiger partial charge is 0.457 e. The molecule has 6 nitrogen and oxygen atoms in total. The van der Waals surface area contributed by atoms with Crippen LogP contribution in [0.4, 0.5) is 0 Å².